The summed E-state index contributed by atoms with van der Waals surface area (Å²) < 4.78 is 13.2. The molecule has 2 amide bonds. The Morgan fingerprint density at radius 3 is 2.45 bits per heavy atom. The van der Waals surface area contributed by atoms with Gasteiger partial charge in [0.15, 0.2) is 0 Å². The maximum atomic E-state index is 13.2. The number of rotatable bonds is 3. The van der Waals surface area contributed by atoms with E-state index in [9.17, 15) is 9.18 Å². The molecule has 0 saturated carbocycles. The summed E-state index contributed by atoms with van der Waals surface area (Å²) in [6.45, 7) is 1.73. The summed E-state index contributed by atoms with van der Waals surface area (Å²) >= 11 is 0. The fourth-order valence-electron chi connectivity index (χ4n) is 1.76. The van der Waals surface area contributed by atoms with Crippen molar-refractivity contribution < 1.29 is 9.18 Å². The van der Waals surface area contributed by atoms with Gasteiger partial charge in [-0.1, -0.05) is 30.3 Å². The van der Waals surface area contributed by atoms with Crippen LogP contribution in [0.5, 0.6) is 0 Å². The highest BCUT2D eigenvalue weighted by molar-refractivity contribution is 5.82. The van der Waals surface area contributed by atoms with Crippen LogP contribution >= 0.6 is 0 Å². The summed E-state index contributed by atoms with van der Waals surface area (Å²) in [5, 5.41) is 3.67. The first kappa shape index (κ1) is 13.7. The lowest BCUT2D eigenvalue weighted by Gasteiger charge is -2.04. The van der Waals surface area contributed by atoms with Gasteiger partial charge in [-0.3, -0.25) is 0 Å². The van der Waals surface area contributed by atoms with Gasteiger partial charge in [-0.05, 0) is 41.3 Å². The molecule has 4 nitrogen and oxygen atoms in total. The summed E-state index contributed by atoms with van der Waals surface area (Å²) in [5.41, 5.74) is 10.4. The third-order valence-corrected chi connectivity index (χ3v) is 2.79. The van der Waals surface area contributed by atoms with E-state index < -0.39 is 6.03 Å². The number of amides is 2. The molecule has 2 aromatic rings. The van der Waals surface area contributed by atoms with E-state index in [2.05, 4.69) is 10.5 Å². The van der Waals surface area contributed by atoms with Crippen molar-refractivity contribution >= 4 is 12.2 Å². The molecule has 20 heavy (non-hydrogen) atoms. The van der Waals surface area contributed by atoms with Gasteiger partial charge in [0.2, 0.25) is 0 Å². The van der Waals surface area contributed by atoms with E-state index in [1.54, 1.807) is 19.1 Å². The minimum absolute atomic E-state index is 0.213. The minimum Gasteiger partial charge on any atom is -0.350 e. The maximum Gasteiger partial charge on any atom is 0.332 e. The van der Waals surface area contributed by atoms with E-state index in [1.807, 2.05) is 24.3 Å². The Hall–Kier alpha value is -2.69. The second kappa shape index (κ2) is 5.97. The highest BCUT2D eigenvalue weighted by atomic mass is 19.1. The summed E-state index contributed by atoms with van der Waals surface area (Å²) in [6.07, 6.45) is 1.49. The highest BCUT2D eigenvalue weighted by Crippen LogP contribution is 2.21. The minimum atomic E-state index is -0.709. The predicted octanol–water partition coefficient (Wildman–Crippen LogP) is 2.80. The van der Waals surface area contributed by atoms with Crippen molar-refractivity contribution in [3.63, 3.8) is 0 Å². The number of primary amides is 1. The maximum absolute atomic E-state index is 13.2. The first-order chi connectivity index (χ1) is 9.56. The third-order valence-electron chi connectivity index (χ3n) is 2.79. The number of carbonyl (C=O) groups excluding carboxylic acids is 1. The lowest BCUT2D eigenvalue weighted by molar-refractivity contribution is 0.249. The van der Waals surface area contributed by atoms with Crippen LogP contribution in [0.1, 0.15) is 11.1 Å². The van der Waals surface area contributed by atoms with Gasteiger partial charge in [0, 0.05) is 0 Å². The summed E-state index contributed by atoms with van der Waals surface area (Å²) in [5.74, 6) is -0.213. The Bertz CT molecular complexity index is 651. The number of halogens is 1. The van der Waals surface area contributed by atoms with Crippen LogP contribution in [0.3, 0.4) is 0 Å². The first-order valence-corrected chi connectivity index (χ1v) is 6.01. The number of urea groups is 1. The number of hydrogen-bond donors (Lipinski definition) is 2. The molecule has 5 heteroatoms. The number of hydrogen-bond acceptors (Lipinski definition) is 2. The smallest absolute Gasteiger partial charge is 0.332 e. The molecule has 0 fully saturated rings. The van der Waals surface area contributed by atoms with Crippen molar-refractivity contribution in [3.8, 4) is 11.1 Å². The summed E-state index contributed by atoms with van der Waals surface area (Å²) in [7, 11) is 0. The molecule has 0 aliphatic heterocycles. The van der Waals surface area contributed by atoms with Crippen molar-refractivity contribution in [2.24, 2.45) is 10.8 Å². The van der Waals surface area contributed by atoms with Crippen molar-refractivity contribution in [1.29, 1.82) is 0 Å². The second-order valence-electron chi connectivity index (χ2n) is 4.32. The van der Waals surface area contributed by atoms with Crippen LogP contribution in [0.2, 0.25) is 0 Å². The number of carbonyl (C=O) groups is 1. The van der Waals surface area contributed by atoms with Crippen LogP contribution < -0.4 is 11.2 Å². The van der Waals surface area contributed by atoms with Gasteiger partial charge in [0.25, 0.3) is 0 Å². The zero-order valence-corrected chi connectivity index (χ0v) is 10.9. The van der Waals surface area contributed by atoms with Crippen LogP contribution in [0.4, 0.5) is 9.18 Å². The van der Waals surface area contributed by atoms with E-state index in [4.69, 9.17) is 5.73 Å². The molecule has 0 aliphatic rings. The van der Waals surface area contributed by atoms with E-state index in [0.717, 1.165) is 16.7 Å². The standard InChI is InChI=1S/C15H14FN3O/c1-10-8-13(6-7-14(10)16)12-4-2-11(3-5-12)9-18-19-15(17)20/h2-9H,1H3,(H3,17,19,20). The van der Waals surface area contributed by atoms with E-state index in [0.29, 0.717) is 5.56 Å². The monoisotopic (exact) mass is 271 g/mol. The first-order valence-electron chi connectivity index (χ1n) is 6.01. The molecule has 0 saturated heterocycles. The van der Waals surface area contributed by atoms with Crippen LogP contribution in [0, 0.1) is 12.7 Å². The van der Waals surface area contributed by atoms with Crippen LogP contribution in [-0.2, 0) is 0 Å². The van der Waals surface area contributed by atoms with Crippen molar-refractivity contribution in [3.05, 3.63) is 59.4 Å². The topological polar surface area (TPSA) is 67.5 Å². The number of aryl methyl sites for hydroxylation is 1. The second-order valence-corrected chi connectivity index (χ2v) is 4.32. The lowest BCUT2D eigenvalue weighted by atomic mass is 10.0. The van der Waals surface area contributed by atoms with Gasteiger partial charge in [-0.15, -0.1) is 0 Å². The normalized spacial score (nSPS) is 10.7. The Labute approximate surface area is 116 Å². The fraction of sp³-hybridized carbons (Fsp3) is 0.0667. The molecule has 3 N–H and O–H groups in total. The Kier molecular flexibility index (Phi) is 4.10. The van der Waals surface area contributed by atoms with Crippen molar-refractivity contribution in [1.82, 2.24) is 5.43 Å². The van der Waals surface area contributed by atoms with Gasteiger partial charge in [0.05, 0.1) is 6.21 Å². The fourth-order valence-corrected chi connectivity index (χ4v) is 1.76. The molecule has 102 valence electrons. The molecule has 0 bridgehead atoms. The van der Waals surface area contributed by atoms with Crippen molar-refractivity contribution in [2.45, 2.75) is 6.92 Å². The molecule has 0 unspecified atom stereocenters. The lowest BCUT2D eigenvalue weighted by Crippen LogP contribution is -2.24. The summed E-state index contributed by atoms with van der Waals surface area (Å²) in [4.78, 5) is 10.5. The van der Waals surface area contributed by atoms with Gasteiger partial charge in [-0.2, -0.15) is 5.10 Å². The van der Waals surface area contributed by atoms with Crippen LogP contribution in [-0.4, -0.2) is 12.2 Å². The molecule has 2 rings (SSSR count). The number of hydrazone groups is 1. The van der Waals surface area contributed by atoms with Crippen molar-refractivity contribution in [2.75, 3.05) is 0 Å². The third kappa shape index (κ3) is 3.41. The SMILES string of the molecule is Cc1cc(-c2ccc(C=NNC(N)=O)cc2)ccc1F. The Balaban J connectivity index is 2.17. The van der Waals surface area contributed by atoms with Crippen LogP contribution in [0.25, 0.3) is 11.1 Å². The number of nitrogens with zero attached hydrogens (tertiary/aromatic N) is 1. The predicted molar refractivity (Wildman–Crippen MR) is 76.9 cm³/mol. The highest BCUT2D eigenvalue weighted by Gasteiger charge is 2.01. The largest absolute Gasteiger partial charge is 0.350 e. The van der Waals surface area contributed by atoms with E-state index in [1.165, 1.54) is 12.3 Å². The molecule has 0 heterocycles. The number of nitrogens with two attached hydrogens (primary N) is 1. The molecule has 0 spiro atoms. The molecule has 0 atom stereocenters. The number of benzene rings is 2. The average Bonchev–Trinajstić information content (AvgIpc) is 2.42. The van der Waals surface area contributed by atoms with Gasteiger partial charge in [0.1, 0.15) is 5.82 Å². The van der Waals surface area contributed by atoms with Gasteiger partial charge >= 0.3 is 6.03 Å². The average molecular weight is 271 g/mol. The van der Waals surface area contributed by atoms with Gasteiger partial charge < -0.3 is 5.73 Å². The van der Waals surface area contributed by atoms with E-state index >= 15 is 0 Å². The van der Waals surface area contributed by atoms with Crippen LogP contribution in [0.15, 0.2) is 47.6 Å². The molecule has 0 aromatic heterocycles. The molecule has 0 aliphatic carbocycles. The molecule has 0 radical (unpaired) electrons. The molecular formula is C15H14FN3O. The zero-order chi connectivity index (χ0) is 14.5. The quantitative estimate of drug-likeness (QED) is 0.654. The summed E-state index contributed by atoms with van der Waals surface area (Å²) in [6, 6.07) is 11.8. The number of nitrogens with one attached hydrogen (secondary N) is 1. The Morgan fingerprint density at radius 2 is 1.85 bits per heavy atom. The zero-order valence-electron chi connectivity index (χ0n) is 10.9. The van der Waals surface area contributed by atoms with Gasteiger partial charge in [-0.25, -0.2) is 14.6 Å². The molecule has 2 aromatic carbocycles. The molecular weight excluding hydrogens is 257 g/mol. The van der Waals surface area contributed by atoms with E-state index in [-0.39, 0.29) is 5.82 Å². The Morgan fingerprint density at radius 1 is 1.20 bits per heavy atom.